The summed E-state index contributed by atoms with van der Waals surface area (Å²) >= 11 is 1.58. The smallest absolute Gasteiger partial charge is 0.305 e. The summed E-state index contributed by atoms with van der Waals surface area (Å²) in [4.78, 5) is 35.3. The molecule has 1 fully saturated rings. The van der Waals surface area contributed by atoms with E-state index in [-0.39, 0.29) is 17.7 Å². The van der Waals surface area contributed by atoms with E-state index < -0.39 is 22.8 Å². The Kier molecular flexibility index (Phi) is 4.79. The van der Waals surface area contributed by atoms with Crippen LogP contribution in [0.15, 0.2) is 24.3 Å². The number of nitrogens with zero attached hydrogens (tertiary/aromatic N) is 2. The van der Waals surface area contributed by atoms with E-state index in [2.05, 4.69) is 0 Å². The number of rotatable bonds is 4. The molecule has 0 saturated carbocycles. The first-order valence-electron chi connectivity index (χ1n) is 6.34. The minimum absolute atomic E-state index is 0.00443. The average molecular weight is 310 g/mol. The molecule has 2 rings (SSSR count). The molecule has 1 atom stereocenters. The Hall–Kier alpha value is -2.09. The fourth-order valence-electron chi connectivity index (χ4n) is 2.26. The van der Waals surface area contributed by atoms with Crippen LogP contribution in [0, 0.1) is 10.1 Å². The third-order valence-corrected chi connectivity index (χ3v) is 4.32. The highest BCUT2D eigenvalue weighted by atomic mass is 32.2. The molecule has 0 bridgehead atoms. The molecule has 0 aromatic heterocycles. The molecule has 1 heterocycles. The SMILES string of the molecule is O=C(O)CC1CSCCN1C(=O)c1ccccc1[N+](=O)[O-]. The fraction of sp³-hybridized carbons (Fsp3) is 0.385. The first-order valence-corrected chi connectivity index (χ1v) is 7.50. The molecule has 1 N–H and O–H groups in total. The van der Waals surface area contributed by atoms with Gasteiger partial charge in [-0.1, -0.05) is 12.1 Å². The van der Waals surface area contributed by atoms with Gasteiger partial charge in [0.15, 0.2) is 0 Å². The summed E-state index contributed by atoms with van der Waals surface area (Å²) in [6.07, 6.45) is -0.153. The summed E-state index contributed by atoms with van der Waals surface area (Å²) in [7, 11) is 0. The lowest BCUT2D eigenvalue weighted by molar-refractivity contribution is -0.385. The Bertz CT molecular complexity index is 577. The molecule has 8 heteroatoms. The van der Waals surface area contributed by atoms with E-state index in [0.717, 1.165) is 0 Å². The number of nitro benzene ring substituents is 1. The zero-order chi connectivity index (χ0) is 15.4. The Morgan fingerprint density at radius 2 is 2.14 bits per heavy atom. The highest BCUT2D eigenvalue weighted by Gasteiger charge is 2.32. The molecule has 112 valence electrons. The lowest BCUT2D eigenvalue weighted by Crippen LogP contribution is -2.47. The van der Waals surface area contributed by atoms with Gasteiger partial charge in [0.1, 0.15) is 5.56 Å². The number of carboxylic acid groups (broad SMARTS) is 1. The zero-order valence-electron chi connectivity index (χ0n) is 11.1. The van der Waals surface area contributed by atoms with Crippen LogP contribution in [-0.4, -0.2) is 50.9 Å². The Morgan fingerprint density at radius 1 is 1.43 bits per heavy atom. The standard InChI is InChI=1S/C13H14N2O5S/c16-12(17)7-9-8-21-6-5-14(9)13(18)10-3-1-2-4-11(10)15(19)20/h1-4,9H,5-8H2,(H,16,17). The topological polar surface area (TPSA) is 101 Å². The molecule has 0 aliphatic carbocycles. The van der Waals surface area contributed by atoms with Crippen LogP contribution in [0.4, 0.5) is 5.69 Å². The number of amides is 1. The van der Waals surface area contributed by atoms with Crippen LogP contribution >= 0.6 is 11.8 Å². The highest BCUT2D eigenvalue weighted by Crippen LogP contribution is 2.25. The number of nitro groups is 1. The van der Waals surface area contributed by atoms with E-state index in [1.54, 1.807) is 17.8 Å². The quantitative estimate of drug-likeness (QED) is 0.670. The zero-order valence-corrected chi connectivity index (χ0v) is 11.9. The van der Waals surface area contributed by atoms with Crippen molar-refractivity contribution in [1.82, 2.24) is 4.90 Å². The first kappa shape index (κ1) is 15.3. The van der Waals surface area contributed by atoms with Crippen molar-refractivity contribution in [2.24, 2.45) is 0 Å². The van der Waals surface area contributed by atoms with Gasteiger partial charge in [-0.3, -0.25) is 19.7 Å². The van der Waals surface area contributed by atoms with Gasteiger partial charge in [0.05, 0.1) is 17.4 Å². The summed E-state index contributed by atoms with van der Waals surface area (Å²) in [5.74, 6) is -0.238. The number of benzene rings is 1. The average Bonchev–Trinajstić information content (AvgIpc) is 2.46. The Balaban J connectivity index is 2.29. The van der Waals surface area contributed by atoms with Crippen molar-refractivity contribution in [1.29, 1.82) is 0 Å². The van der Waals surface area contributed by atoms with Crippen LogP contribution in [-0.2, 0) is 4.79 Å². The van der Waals surface area contributed by atoms with Crippen molar-refractivity contribution >= 4 is 29.3 Å². The summed E-state index contributed by atoms with van der Waals surface area (Å²) in [5, 5.41) is 19.9. The predicted octanol–water partition coefficient (Wildman–Crippen LogP) is 1.63. The number of hydrogen-bond donors (Lipinski definition) is 1. The monoisotopic (exact) mass is 310 g/mol. The molecule has 1 aromatic carbocycles. The van der Waals surface area contributed by atoms with Gasteiger partial charge in [-0.15, -0.1) is 0 Å². The highest BCUT2D eigenvalue weighted by molar-refractivity contribution is 7.99. The molecule has 1 aromatic rings. The Morgan fingerprint density at radius 3 is 2.81 bits per heavy atom. The number of hydrogen-bond acceptors (Lipinski definition) is 5. The van der Waals surface area contributed by atoms with E-state index in [1.165, 1.54) is 23.1 Å². The lowest BCUT2D eigenvalue weighted by atomic mass is 10.1. The molecule has 1 unspecified atom stereocenters. The van der Waals surface area contributed by atoms with Gasteiger partial charge in [-0.25, -0.2) is 0 Å². The molecule has 1 aliphatic heterocycles. The van der Waals surface area contributed by atoms with Gasteiger partial charge >= 0.3 is 5.97 Å². The minimum Gasteiger partial charge on any atom is -0.481 e. The lowest BCUT2D eigenvalue weighted by Gasteiger charge is -2.34. The second kappa shape index (κ2) is 6.57. The van der Waals surface area contributed by atoms with Gasteiger partial charge in [0, 0.05) is 24.1 Å². The molecule has 1 aliphatic rings. The van der Waals surface area contributed by atoms with Crippen LogP contribution in [0.5, 0.6) is 0 Å². The first-order chi connectivity index (χ1) is 10.0. The third kappa shape index (κ3) is 3.52. The van der Waals surface area contributed by atoms with Crippen molar-refractivity contribution in [3.63, 3.8) is 0 Å². The fourth-order valence-corrected chi connectivity index (χ4v) is 3.32. The number of carbonyl (C=O) groups is 2. The number of carbonyl (C=O) groups excluding carboxylic acids is 1. The third-order valence-electron chi connectivity index (χ3n) is 3.23. The second-order valence-electron chi connectivity index (χ2n) is 4.60. The van der Waals surface area contributed by atoms with Crippen LogP contribution in [0.25, 0.3) is 0 Å². The predicted molar refractivity (Wildman–Crippen MR) is 77.5 cm³/mol. The van der Waals surface area contributed by atoms with Crippen LogP contribution in [0.2, 0.25) is 0 Å². The van der Waals surface area contributed by atoms with Gasteiger partial charge in [-0.2, -0.15) is 11.8 Å². The van der Waals surface area contributed by atoms with E-state index in [0.29, 0.717) is 18.1 Å². The van der Waals surface area contributed by atoms with Gasteiger partial charge in [0.25, 0.3) is 11.6 Å². The maximum absolute atomic E-state index is 12.5. The van der Waals surface area contributed by atoms with Crippen LogP contribution < -0.4 is 0 Å². The van der Waals surface area contributed by atoms with Crippen molar-refractivity contribution in [2.75, 3.05) is 18.1 Å². The summed E-state index contributed by atoms with van der Waals surface area (Å²) in [5.41, 5.74) is -0.250. The maximum atomic E-state index is 12.5. The van der Waals surface area contributed by atoms with E-state index in [4.69, 9.17) is 5.11 Å². The van der Waals surface area contributed by atoms with Crippen molar-refractivity contribution in [2.45, 2.75) is 12.5 Å². The van der Waals surface area contributed by atoms with Crippen LogP contribution in [0.1, 0.15) is 16.8 Å². The minimum atomic E-state index is -0.983. The van der Waals surface area contributed by atoms with Gasteiger partial charge in [0.2, 0.25) is 0 Å². The van der Waals surface area contributed by atoms with Crippen molar-refractivity contribution < 1.29 is 19.6 Å². The number of thioether (sulfide) groups is 1. The molecule has 0 radical (unpaired) electrons. The maximum Gasteiger partial charge on any atom is 0.305 e. The molecule has 7 nitrogen and oxygen atoms in total. The van der Waals surface area contributed by atoms with Gasteiger partial charge < -0.3 is 10.0 Å². The molecule has 1 amide bonds. The van der Waals surface area contributed by atoms with Crippen molar-refractivity contribution in [3.05, 3.63) is 39.9 Å². The number of aliphatic carboxylic acids is 1. The molecular formula is C13H14N2O5S. The van der Waals surface area contributed by atoms with Crippen LogP contribution in [0.3, 0.4) is 0 Å². The Labute approximate surface area is 125 Å². The normalized spacial score (nSPS) is 18.3. The van der Waals surface area contributed by atoms with Crippen molar-refractivity contribution in [3.8, 4) is 0 Å². The number of carboxylic acids is 1. The largest absolute Gasteiger partial charge is 0.481 e. The molecule has 0 spiro atoms. The number of para-hydroxylation sites is 1. The summed E-state index contributed by atoms with van der Waals surface area (Å²) < 4.78 is 0. The van der Waals surface area contributed by atoms with Gasteiger partial charge in [-0.05, 0) is 6.07 Å². The molecule has 1 saturated heterocycles. The molecular weight excluding hydrogens is 296 g/mol. The summed E-state index contributed by atoms with van der Waals surface area (Å²) in [6.45, 7) is 0.396. The summed E-state index contributed by atoms with van der Waals surface area (Å²) in [6, 6.07) is 5.30. The van der Waals surface area contributed by atoms with E-state index in [9.17, 15) is 19.7 Å². The molecule has 21 heavy (non-hydrogen) atoms. The van der Waals surface area contributed by atoms with E-state index >= 15 is 0 Å². The van der Waals surface area contributed by atoms with E-state index in [1.807, 2.05) is 0 Å². The second-order valence-corrected chi connectivity index (χ2v) is 5.75.